The van der Waals surface area contributed by atoms with Gasteiger partial charge in [-0.1, -0.05) is 11.6 Å². The van der Waals surface area contributed by atoms with Gasteiger partial charge in [0, 0.05) is 27.1 Å². The number of benzene rings is 1. The van der Waals surface area contributed by atoms with Gasteiger partial charge in [-0.15, -0.1) is 0 Å². The summed E-state index contributed by atoms with van der Waals surface area (Å²) >= 11 is 8.01. The Kier molecular flexibility index (Phi) is 5.33. The van der Waals surface area contributed by atoms with Gasteiger partial charge in [-0.05, 0) is 47.2 Å². The quantitative estimate of drug-likeness (QED) is 0.638. The second kappa shape index (κ2) is 6.07. The monoisotopic (exact) mass is 373 g/mol. The molecular formula is C10H13ClINO2S. The van der Waals surface area contributed by atoms with E-state index in [-0.39, 0.29) is 5.75 Å². The SMILES string of the molecule is CS(=O)(=O)CCCNc1ccc(Cl)cc1I. The Bertz CT molecular complexity index is 462. The summed E-state index contributed by atoms with van der Waals surface area (Å²) in [5.74, 6) is 0.212. The van der Waals surface area contributed by atoms with E-state index < -0.39 is 9.84 Å². The first-order valence-corrected chi connectivity index (χ1v) is 8.27. The summed E-state index contributed by atoms with van der Waals surface area (Å²) < 4.78 is 22.8. The van der Waals surface area contributed by atoms with Gasteiger partial charge in [0.05, 0.1) is 5.75 Å². The van der Waals surface area contributed by atoms with Gasteiger partial charge >= 0.3 is 0 Å². The fourth-order valence-corrected chi connectivity index (χ4v) is 2.92. The van der Waals surface area contributed by atoms with E-state index >= 15 is 0 Å². The predicted molar refractivity (Wildman–Crippen MR) is 77.0 cm³/mol. The highest BCUT2D eigenvalue weighted by molar-refractivity contribution is 14.1. The minimum atomic E-state index is -2.86. The van der Waals surface area contributed by atoms with Gasteiger partial charge in [-0.25, -0.2) is 8.42 Å². The Morgan fingerprint density at radius 2 is 2.12 bits per heavy atom. The third-order valence-electron chi connectivity index (χ3n) is 1.94. The van der Waals surface area contributed by atoms with Gasteiger partial charge in [0.2, 0.25) is 0 Å². The molecule has 0 aromatic heterocycles. The lowest BCUT2D eigenvalue weighted by Crippen LogP contribution is -2.10. The minimum absolute atomic E-state index is 0.212. The smallest absolute Gasteiger partial charge is 0.147 e. The van der Waals surface area contributed by atoms with E-state index in [0.29, 0.717) is 18.0 Å². The van der Waals surface area contributed by atoms with Crippen molar-refractivity contribution in [2.24, 2.45) is 0 Å². The van der Waals surface area contributed by atoms with Crippen LogP contribution in [-0.2, 0) is 9.84 Å². The number of anilines is 1. The largest absolute Gasteiger partial charge is 0.384 e. The van der Waals surface area contributed by atoms with Gasteiger partial charge in [-0.3, -0.25) is 0 Å². The second-order valence-corrected chi connectivity index (χ2v) is 7.39. The number of nitrogens with one attached hydrogen (secondary N) is 1. The molecule has 0 spiro atoms. The van der Waals surface area contributed by atoms with Crippen LogP contribution in [0.1, 0.15) is 6.42 Å². The van der Waals surface area contributed by atoms with Crippen molar-refractivity contribution in [1.82, 2.24) is 0 Å². The summed E-state index contributed by atoms with van der Waals surface area (Å²) in [5, 5.41) is 3.88. The minimum Gasteiger partial charge on any atom is -0.384 e. The number of halogens is 2. The maximum absolute atomic E-state index is 10.9. The number of hydrogen-bond acceptors (Lipinski definition) is 3. The molecule has 0 amide bonds. The predicted octanol–water partition coefficient (Wildman–Crippen LogP) is 2.79. The van der Waals surface area contributed by atoms with Crippen LogP contribution in [0.2, 0.25) is 5.02 Å². The topological polar surface area (TPSA) is 46.2 Å². The summed E-state index contributed by atoms with van der Waals surface area (Å²) in [7, 11) is -2.86. The molecule has 0 heterocycles. The maximum Gasteiger partial charge on any atom is 0.147 e. The first-order chi connectivity index (χ1) is 7.38. The zero-order valence-electron chi connectivity index (χ0n) is 8.83. The summed E-state index contributed by atoms with van der Waals surface area (Å²) in [5.41, 5.74) is 0.985. The number of sulfone groups is 1. The molecule has 1 rings (SSSR count). The molecule has 0 fully saturated rings. The zero-order valence-corrected chi connectivity index (χ0v) is 12.6. The van der Waals surface area contributed by atoms with Crippen molar-refractivity contribution in [1.29, 1.82) is 0 Å². The fourth-order valence-electron chi connectivity index (χ4n) is 1.19. The lowest BCUT2D eigenvalue weighted by Gasteiger charge is -2.08. The molecule has 0 atom stereocenters. The van der Waals surface area contributed by atoms with Gasteiger partial charge in [0.25, 0.3) is 0 Å². The fraction of sp³-hybridized carbons (Fsp3) is 0.400. The first-order valence-electron chi connectivity index (χ1n) is 4.75. The summed E-state index contributed by atoms with van der Waals surface area (Å²) in [4.78, 5) is 0. The third-order valence-corrected chi connectivity index (χ3v) is 4.10. The second-order valence-electron chi connectivity index (χ2n) is 3.53. The zero-order chi connectivity index (χ0) is 12.2. The van der Waals surface area contributed by atoms with Crippen LogP contribution in [0.3, 0.4) is 0 Å². The van der Waals surface area contributed by atoms with Crippen LogP contribution in [0.25, 0.3) is 0 Å². The molecule has 1 N–H and O–H groups in total. The highest BCUT2D eigenvalue weighted by Crippen LogP contribution is 2.22. The molecule has 0 aliphatic carbocycles. The molecule has 0 aliphatic rings. The van der Waals surface area contributed by atoms with Gasteiger partial charge in [-0.2, -0.15) is 0 Å². The average molecular weight is 374 g/mol. The number of rotatable bonds is 5. The van der Waals surface area contributed by atoms with Crippen molar-refractivity contribution < 1.29 is 8.42 Å². The third kappa shape index (κ3) is 5.36. The van der Waals surface area contributed by atoms with E-state index in [1.54, 1.807) is 0 Å². The Morgan fingerprint density at radius 1 is 1.44 bits per heavy atom. The maximum atomic E-state index is 10.9. The molecule has 16 heavy (non-hydrogen) atoms. The van der Waals surface area contributed by atoms with Crippen LogP contribution in [0.5, 0.6) is 0 Å². The van der Waals surface area contributed by atoms with Crippen LogP contribution in [-0.4, -0.2) is 27.0 Å². The van der Waals surface area contributed by atoms with Crippen LogP contribution in [0.15, 0.2) is 18.2 Å². The highest BCUT2D eigenvalue weighted by Gasteiger charge is 2.03. The average Bonchev–Trinajstić information content (AvgIpc) is 2.13. The molecular weight excluding hydrogens is 361 g/mol. The molecule has 3 nitrogen and oxygen atoms in total. The van der Waals surface area contributed by atoms with E-state index in [4.69, 9.17) is 11.6 Å². The Hall–Kier alpha value is -0.0100. The Balaban J connectivity index is 2.43. The van der Waals surface area contributed by atoms with Crippen molar-refractivity contribution in [2.75, 3.05) is 23.9 Å². The molecule has 1 aromatic rings. The molecule has 6 heteroatoms. The summed E-state index contributed by atoms with van der Waals surface area (Å²) in [6, 6.07) is 5.56. The lowest BCUT2D eigenvalue weighted by molar-refractivity contribution is 0.600. The molecule has 1 aromatic carbocycles. The summed E-state index contributed by atoms with van der Waals surface area (Å²) in [6.45, 7) is 0.644. The molecule has 0 radical (unpaired) electrons. The van der Waals surface area contributed by atoms with Crippen LogP contribution in [0.4, 0.5) is 5.69 Å². The van der Waals surface area contributed by atoms with Crippen LogP contribution < -0.4 is 5.32 Å². The van der Waals surface area contributed by atoms with Crippen molar-refractivity contribution in [3.8, 4) is 0 Å². The highest BCUT2D eigenvalue weighted by atomic mass is 127. The molecule has 0 bridgehead atoms. The molecule has 0 saturated heterocycles. The van der Waals surface area contributed by atoms with Crippen molar-refractivity contribution in [3.05, 3.63) is 26.8 Å². The van der Waals surface area contributed by atoms with E-state index in [0.717, 1.165) is 9.26 Å². The molecule has 90 valence electrons. The summed E-state index contributed by atoms with van der Waals surface area (Å²) in [6.07, 6.45) is 1.86. The molecule has 0 saturated carbocycles. The number of hydrogen-bond donors (Lipinski definition) is 1. The van der Waals surface area contributed by atoms with Crippen molar-refractivity contribution in [3.63, 3.8) is 0 Å². The van der Waals surface area contributed by atoms with Crippen LogP contribution >= 0.6 is 34.2 Å². The lowest BCUT2D eigenvalue weighted by atomic mass is 10.3. The Morgan fingerprint density at radius 3 is 2.69 bits per heavy atom. The standard InChI is InChI=1S/C10H13ClINO2S/c1-16(14,15)6-2-5-13-10-4-3-8(11)7-9(10)12/h3-4,7,13H,2,5-6H2,1H3. The van der Waals surface area contributed by atoms with Gasteiger partial charge in [0.15, 0.2) is 0 Å². The van der Waals surface area contributed by atoms with Gasteiger partial charge in [0.1, 0.15) is 9.84 Å². The Labute approximate surface area is 115 Å². The normalized spacial score (nSPS) is 11.4. The van der Waals surface area contributed by atoms with E-state index in [9.17, 15) is 8.42 Å². The van der Waals surface area contributed by atoms with E-state index in [1.807, 2.05) is 18.2 Å². The van der Waals surface area contributed by atoms with E-state index in [2.05, 4.69) is 27.9 Å². The van der Waals surface area contributed by atoms with Crippen LogP contribution in [0, 0.1) is 3.57 Å². The molecule has 0 aliphatic heterocycles. The molecule has 0 unspecified atom stereocenters. The van der Waals surface area contributed by atoms with Crippen molar-refractivity contribution >= 4 is 49.7 Å². The van der Waals surface area contributed by atoms with E-state index in [1.165, 1.54) is 6.26 Å². The van der Waals surface area contributed by atoms with Crippen molar-refractivity contribution in [2.45, 2.75) is 6.42 Å². The van der Waals surface area contributed by atoms with Gasteiger partial charge < -0.3 is 5.32 Å². The first kappa shape index (κ1) is 14.1.